The first-order valence-corrected chi connectivity index (χ1v) is 7.65. The van der Waals surface area contributed by atoms with E-state index in [0.717, 1.165) is 29.4 Å². The van der Waals surface area contributed by atoms with Crippen molar-refractivity contribution in [1.82, 2.24) is 9.97 Å². The Morgan fingerprint density at radius 1 is 1.21 bits per heavy atom. The van der Waals surface area contributed by atoms with E-state index in [9.17, 15) is 0 Å². The van der Waals surface area contributed by atoms with Crippen molar-refractivity contribution in [2.24, 2.45) is 0 Å². The molecule has 1 aromatic heterocycles. The number of halogens is 1. The Morgan fingerprint density at radius 2 is 2.05 bits per heavy atom. The molecule has 1 aromatic carbocycles. The van der Waals surface area contributed by atoms with E-state index in [-0.39, 0.29) is 6.10 Å². The van der Waals surface area contributed by atoms with Crippen LogP contribution in [0.3, 0.4) is 0 Å². The molecule has 19 heavy (non-hydrogen) atoms. The average molecular weight is 293 g/mol. The topological polar surface area (TPSA) is 35.0 Å². The van der Waals surface area contributed by atoms with E-state index in [1.165, 1.54) is 0 Å². The zero-order valence-electron chi connectivity index (χ0n) is 10.3. The van der Waals surface area contributed by atoms with E-state index < -0.39 is 0 Å². The molecule has 0 amide bonds. The van der Waals surface area contributed by atoms with E-state index >= 15 is 0 Å². The van der Waals surface area contributed by atoms with E-state index in [4.69, 9.17) is 16.3 Å². The third-order valence-electron chi connectivity index (χ3n) is 2.89. The van der Waals surface area contributed by atoms with Crippen LogP contribution in [0.4, 0.5) is 0 Å². The van der Waals surface area contributed by atoms with Gasteiger partial charge in [0.25, 0.3) is 0 Å². The van der Waals surface area contributed by atoms with Gasteiger partial charge in [-0.15, -0.1) is 0 Å². The van der Waals surface area contributed by atoms with Crippen molar-refractivity contribution in [1.29, 1.82) is 0 Å². The standard InChI is InChI=1S/C14H13ClN2OS/c15-13-8-11(10-4-2-1-3-5-10)16-14(17-13)12-9-19-7-6-18-12/h1-5,8,12H,6-7,9H2. The van der Waals surface area contributed by atoms with Gasteiger partial charge in [0.15, 0.2) is 5.82 Å². The minimum Gasteiger partial charge on any atom is -0.368 e. The Kier molecular flexibility index (Phi) is 4.01. The lowest BCUT2D eigenvalue weighted by atomic mass is 10.1. The van der Waals surface area contributed by atoms with Gasteiger partial charge in [-0.1, -0.05) is 41.9 Å². The second kappa shape index (κ2) is 5.90. The molecule has 5 heteroatoms. The van der Waals surface area contributed by atoms with Crippen LogP contribution in [-0.4, -0.2) is 28.1 Å². The van der Waals surface area contributed by atoms with Gasteiger partial charge >= 0.3 is 0 Å². The fourth-order valence-corrected chi connectivity index (χ4v) is 3.00. The third-order valence-corrected chi connectivity index (χ3v) is 4.07. The molecule has 1 unspecified atom stereocenters. The Morgan fingerprint density at radius 3 is 2.79 bits per heavy atom. The summed E-state index contributed by atoms with van der Waals surface area (Å²) in [5.74, 6) is 2.59. The van der Waals surface area contributed by atoms with E-state index in [1.807, 2.05) is 42.1 Å². The van der Waals surface area contributed by atoms with Crippen molar-refractivity contribution < 1.29 is 4.74 Å². The first-order chi connectivity index (χ1) is 9.33. The summed E-state index contributed by atoms with van der Waals surface area (Å²) in [5, 5.41) is 0.461. The summed E-state index contributed by atoms with van der Waals surface area (Å²) in [6, 6.07) is 11.8. The molecule has 1 atom stereocenters. The van der Waals surface area contributed by atoms with Crippen molar-refractivity contribution in [2.75, 3.05) is 18.1 Å². The molecule has 3 nitrogen and oxygen atoms in total. The van der Waals surface area contributed by atoms with E-state index in [2.05, 4.69) is 9.97 Å². The largest absolute Gasteiger partial charge is 0.368 e. The number of nitrogens with zero attached hydrogens (tertiary/aromatic N) is 2. The predicted molar refractivity (Wildman–Crippen MR) is 78.5 cm³/mol. The molecule has 3 rings (SSSR count). The van der Waals surface area contributed by atoms with Crippen LogP contribution >= 0.6 is 23.4 Å². The molecule has 2 aromatic rings. The molecule has 98 valence electrons. The first kappa shape index (κ1) is 12.9. The van der Waals surface area contributed by atoms with E-state index in [1.54, 1.807) is 6.07 Å². The van der Waals surface area contributed by atoms with Gasteiger partial charge in [-0.3, -0.25) is 0 Å². The Balaban J connectivity index is 1.96. The molecular formula is C14H13ClN2OS. The van der Waals surface area contributed by atoms with Crippen LogP contribution < -0.4 is 0 Å². The maximum Gasteiger partial charge on any atom is 0.160 e. The van der Waals surface area contributed by atoms with Crippen molar-refractivity contribution >= 4 is 23.4 Å². The fraction of sp³-hybridized carbons (Fsp3) is 0.286. The quantitative estimate of drug-likeness (QED) is 0.792. The van der Waals surface area contributed by atoms with Gasteiger partial charge in [0.2, 0.25) is 0 Å². The Bertz CT molecular complexity index is 559. The van der Waals surface area contributed by atoms with Crippen molar-refractivity contribution in [2.45, 2.75) is 6.10 Å². The monoisotopic (exact) mass is 292 g/mol. The van der Waals surface area contributed by atoms with E-state index in [0.29, 0.717) is 11.0 Å². The number of hydrogen-bond donors (Lipinski definition) is 0. The number of hydrogen-bond acceptors (Lipinski definition) is 4. The molecule has 1 aliphatic rings. The van der Waals surface area contributed by atoms with Crippen LogP contribution in [-0.2, 0) is 4.74 Å². The highest BCUT2D eigenvalue weighted by atomic mass is 35.5. The minimum atomic E-state index is -0.0556. The van der Waals surface area contributed by atoms with Gasteiger partial charge in [-0.05, 0) is 0 Å². The second-order valence-corrected chi connectivity index (χ2v) is 5.77. The van der Waals surface area contributed by atoms with Crippen molar-refractivity contribution in [3.8, 4) is 11.3 Å². The zero-order chi connectivity index (χ0) is 13.1. The summed E-state index contributed by atoms with van der Waals surface area (Å²) < 4.78 is 5.71. The van der Waals surface area contributed by atoms with Crippen LogP contribution in [0.5, 0.6) is 0 Å². The summed E-state index contributed by atoms with van der Waals surface area (Å²) in [4.78, 5) is 8.89. The summed E-state index contributed by atoms with van der Waals surface area (Å²) in [6.45, 7) is 0.742. The molecular weight excluding hydrogens is 280 g/mol. The number of rotatable bonds is 2. The molecule has 1 aliphatic heterocycles. The van der Waals surface area contributed by atoms with Gasteiger partial charge in [0.1, 0.15) is 11.3 Å². The average Bonchev–Trinajstić information content (AvgIpc) is 2.48. The van der Waals surface area contributed by atoms with Crippen LogP contribution in [0.1, 0.15) is 11.9 Å². The molecule has 1 fully saturated rings. The highest BCUT2D eigenvalue weighted by Crippen LogP contribution is 2.27. The molecule has 0 N–H and O–H groups in total. The Labute approximate surface area is 121 Å². The second-order valence-electron chi connectivity index (χ2n) is 4.23. The van der Waals surface area contributed by atoms with Gasteiger partial charge in [0.05, 0.1) is 12.3 Å². The maximum absolute atomic E-state index is 6.11. The number of ether oxygens (including phenoxy) is 1. The fourth-order valence-electron chi connectivity index (χ4n) is 1.97. The molecule has 0 saturated carbocycles. The minimum absolute atomic E-state index is 0.0556. The predicted octanol–water partition coefficient (Wildman–Crippen LogP) is 3.60. The molecule has 2 heterocycles. The van der Waals surface area contributed by atoms with Crippen LogP contribution in [0, 0.1) is 0 Å². The highest BCUT2D eigenvalue weighted by molar-refractivity contribution is 7.99. The lowest BCUT2D eigenvalue weighted by Gasteiger charge is -2.21. The normalized spacial score (nSPS) is 19.3. The smallest absolute Gasteiger partial charge is 0.160 e. The van der Waals surface area contributed by atoms with Crippen molar-refractivity contribution in [3.05, 3.63) is 47.4 Å². The molecule has 1 saturated heterocycles. The summed E-state index contributed by atoms with van der Waals surface area (Å²) in [6.07, 6.45) is -0.0556. The van der Waals surface area contributed by atoms with Gasteiger partial charge < -0.3 is 4.74 Å². The maximum atomic E-state index is 6.11. The van der Waals surface area contributed by atoms with Crippen LogP contribution in [0.25, 0.3) is 11.3 Å². The lowest BCUT2D eigenvalue weighted by molar-refractivity contribution is 0.0695. The zero-order valence-corrected chi connectivity index (χ0v) is 11.8. The molecule has 0 spiro atoms. The number of benzene rings is 1. The Hall–Kier alpha value is -1.10. The van der Waals surface area contributed by atoms with Gasteiger partial charge in [-0.25, -0.2) is 9.97 Å². The lowest BCUT2D eigenvalue weighted by Crippen LogP contribution is -2.18. The third kappa shape index (κ3) is 3.08. The summed E-state index contributed by atoms with van der Waals surface area (Å²) >= 11 is 7.96. The first-order valence-electron chi connectivity index (χ1n) is 6.12. The van der Waals surface area contributed by atoms with Gasteiger partial charge in [0, 0.05) is 23.1 Å². The highest BCUT2D eigenvalue weighted by Gasteiger charge is 2.20. The van der Waals surface area contributed by atoms with Crippen LogP contribution in [0.15, 0.2) is 36.4 Å². The summed E-state index contributed by atoms with van der Waals surface area (Å²) in [5.41, 5.74) is 1.88. The van der Waals surface area contributed by atoms with Gasteiger partial charge in [-0.2, -0.15) is 11.8 Å². The molecule has 0 radical (unpaired) electrons. The summed E-state index contributed by atoms with van der Waals surface area (Å²) in [7, 11) is 0. The molecule has 0 bridgehead atoms. The number of aromatic nitrogens is 2. The molecule has 0 aliphatic carbocycles. The SMILES string of the molecule is Clc1cc(-c2ccccc2)nc(C2CSCCO2)n1. The van der Waals surface area contributed by atoms with Crippen LogP contribution in [0.2, 0.25) is 5.15 Å². The van der Waals surface area contributed by atoms with Crippen molar-refractivity contribution in [3.63, 3.8) is 0 Å². The number of thioether (sulfide) groups is 1.